The summed E-state index contributed by atoms with van der Waals surface area (Å²) in [6.07, 6.45) is 0.817. The van der Waals surface area contributed by atoms with Crippen LogP contribution in [-0.4, -0.2) is 5.91 Å². The lowest BCUT2D eigenvalue weighted by Crippen LogP contribution is -2.27. The molecule has 3 heteroatoms. The van der Waals surface area contributed by atoms with Gasteiger partial charge >= 0.3 is 0 Å². The van der Waals surface area contributed by atoms with Crippen LogP contribution in [-0.2, 0) is 0 Å². The SMILES string of the molecule is CCC(NC(=O)c1cc2c(ccc3ccccc32)o1)c1ccc(C)c(C)c1. The molecule has 0 fully saturated rings. The van der Waals surface area contributed by atoms with Crippen molar-refractivity contribution in [3.8, 4) is 0 Å². The molecule has 1 N–H and O–H groups in total. The first kappa shape index (κ1) is 17.3. The highest BCUT2D eigenvalue weighted by molar-refractivity contribution is 6.08. The topological polar surface area (TPSA) is 42.2 Å². The van der Waals surface area contributed by atoms with Gasteiger partial charge in [0.2, 0.25) is 0 Å². The van der Waals surface area contributed by atoms with Crippen LogP contribution >= 0.6 is 0 Å². The van der Waals surface area contributed by atoms with Gasteiger partial charge in [0.15, 0.2) is 5.76 Å². The third-order valence-corrected chi connectivity index (χ3v) is 5.30. The molecule has 4 rings (SSSR count). The van der Waals surface area contributed by atoms with Crippen molar-refractivity contribution in [3.05, 3.63) is 83.1 Å². The minimum Gasteiger partial charge on any atom is -0.451 e. The van der Waals surface area contributed by atoms with Crippen molar-refractivity contribution in [1.82, 2.24) is 5.32 Å². The molecule has 0 bridgehead atoms. The van der Waals surface area contributed by atoms with Crippen molar-refractivity contribution in [1.29, 1.82) is 0 Å². The number of hydrogen-bond acceptors (Lipinski definition) is 2. The van der Waals surface area contributed by atoms with Crippen LogP contribution < -0.4 is 5.32 Å². The number of rotatable bonds is 4. The number of hydrogen-bond donors (Lipinski definition) is 1. The Labute approximate surface area is 159 Å². The van der Waals surface area contributed by atoms with Crippen LogP contribution in [0.5, 0.6) is 0 Å². The fourth-order valence-corrected chi connectivity index (χ4v) is 3.54. The second-order valence-electron chi connectivity index (χ2n) is 7.09. The zero-order valence-electron chi connectivity index (χ0n) is 15.9. The summed E-state index contributed by atoms with van der Waals surface area (Å²) in [5.41, 5.74) is 4.34. The Morgan fingerprint density at radius 2 is 1.78 bits per heavy atom. The molecule has 1 unspecified atom stereocenters. The summed E-state index contributed by atoms with van der Waals surface area (Å²) >= 11 is 0. The molecule has 0 aliphatic rings. The molecule has 1 aromatic heterocycles. The van der Waals surface area contributed by atoms with E-state index in [0.717, 1.165) is 33.7 Å². The van der Waals surface area contributed by atoms with Gasteiger partial charge in [-0.1, -0.05) is 55.5 Å². The van der Waals surface area contributed by atoms with Gasteiger partial charge in [-0.3, -0.25) is 4.79 Å². The summed E-state index contributed by atoms with van der Waals surface area (Å²) in [4.78, 5) is 12.8. The Kier molecular flexibility index (Phi) is 4.44. The summed E-state index contributed by atoms with van der Waals surface area (Å²) in [7, 11) is 0. The number of nitrogens with one attached hydrogen (secondary N) is 1. The van der Waals surface area contributed by atoms with Gasteiger partial charge in [0.25, 0.3) is 5.91 Å². The Bertz CT molecular complexity index is 1140. The molecular weight excluding hydrogens is 334 g/mol. The number of amides is 1. The van der Waals surface area contributed by atoms with E-state index in [-0.39, 0.29) is 11.9 Å². The Morgan fingerprint density at radius 3 is 2.56 bits per heavy atom. The third kappa shape index (κ3) is 3.21. The minimum absolute atomic E-state index is 0.0400. The molecule has 0 spiro atoms. The fourth-order valence-electron chi connectivity index (χ4n) is 3.54. The Balaban J connectivity index is 1.65. The first-order valence-electron chi connectivity index (χ1n) is 9.36. The van der Waals surface area contributed by atoms with E-state index in [1.165, 1.54) is 11.1 Å². The number of benzene rings is 3. The standard InChI is InChI=1S/C24H23NO2/c1-4-21(18-10-9-15(2)16(3)13-18)25-24(26)23-14-20-19-8-6-5-7-17(19)11-12-22(20)27-23/h5-14,21H,4H2,1-3H3,(H,25,26). The van der Waals surface area contributed by atoms with Gasteiger partial charge in [0, 0.05) is 5.39 Å². The van der Waals surface area contributed by atoms with E-state index in [2.05, 4.69) is 56.4 Å². The molecule has 0 radical (unpaired) electrons. The highest BCUT2D eigenvalue weighted by Crippen LogP contribution is 2.28. The highest BCUT2D eigenvalue weighted by Gasteiger charge is 2.18. The van der Waals surface area contributed by atoms with E-state index >= 15 is 0 Å². The van der Waals surface area contributed by atoms with Gasteiger partial charge in [-0.25, -0.2) is 0 Å². The monoisotopic (exact) mass is 357 g/mol. The fraction of sp³-hybridized carbons (Fsp3) is 0.208. The van der Waals surface area contributed by atoms with E-state index in [1.807, 2.05) is 30.3 Å². The van der Waals surface area contributed by atoms with Crippen LogP contribution in [0.2, 0.25) is 0 Å². The maximum absolute atomic E-state index is 12.8. The van der Waals surface area contributed by atoms with E-state index in [1.54, 1.807) is 0 Å². The van der Waals surface area contributed by atoms with E-state index in [4.69, 9.17) is 4.42 Å². The molecule has 136 valence electrons. The predicted octanol–water partition coefficient (Wildman–Crippen LogP) is 6.08. The van der Waals surface area contributed by atoms with E-state index < -0.39 is 0 Å². The van der Waals surface area contributed by atoms with Crippen molar-refractivity contribution < 1.29 is 9.21 Å². The van der Waals surface area contributed by atoms with Gasteiger partial charge in [-0.05, 0) is 59.9 Å². The second-order valence-corrected chi connectivity index (χ2v) is 7.09. The van der Waals surface area contributed by atoms with Gasteiger partial charge in [0.05, 0.1) is 6.04 Å². The van der Waals surface area contributed by atoms with Gasteiger partial charge in [0.1, 0.15) is 5.58 Å². The lowest BCUT2D eigenvalue weighted by atomic mass is 9.99. The van der Waals surface area contributed by atoms with Crippen LogP contribution in [0.3, 0.4) is 0 Å². The molecule has 3 aromatic carbocycles. The maximum Gasteiger partial charge on any atom is 0.287 e. The lowest BCUT2D eigenvalue weighted by molar-refractivity contribution is 0.0909. The Morgan fingerprint density at radius 1 is 0.963 bits per heavy atom. The number of fused-ring (bicyclic) bond motifs is 3. The van der Waals surface area contributed by atoms with Crippen LogP contribution in [0.15, 0.2) is 65.1 Å². The average molecular weight is 357 g/mol. The highest BCUT2D eigenvalue weighted by atomic mass is 16.3. The molecular formula is C24H23NO2. The van der Waals surface area contributed by atoms with Gasteiger partial charge in [-0.2, -0.15) is 0 Å². The van der Waals surface area contributed by atoms with Crippen LogP contribution in [0, 0.1) is 13.8 Å². The molecule has 3 nitrogen and oxygen atoms in total. The quantitative estimate of drug-likeness (QED) is 0.480. The second kappa shape index (κ2) is 6.92. The van der Waals surface area contributed by atoms with Crippen molar-refractivity contribution >= 4 is 27.6 Å². The third-order valence-electron chi connectivity index (χ3n) is 5.30. The lowest BCUT2D eigenvalue weighted by Gasteiger charge is -2.18. The summed E-state index contributed by atoms with van der Waals surface area (Å²) in [5, 5.41) is 6.33. The van der Waals surface area contributed by atoms with E-state index in [0.29, 0.717) is 5.76 Å². The molecule has 0 aliphatic carbocycles. The maximum atomic E-state index is 12.8. The summed E-state index contributed by atoms with van der Waals surface area (Å²) in [6, 6.07) is 20.2. The first-order chi connectivity index (χ1) is 13.1. The molecule has 1 heterocycles. The summed E-state index contributed by atoms with van der Waals surface area (Å²) in [6.45, 7) is 6.27. The zero-order valence-corrected chi connectivity index (χ0v) is 15.9. The number of furan rings is 1. The van der Waals surface area contributed by atoms with Crippen LogP contribution in [0.1, 0.15) is 46.6 Å². The largest absolute Gasteiger partial charge is 0.451 e. The van der Waals surface area contributed by atoms with Gasteiger partial charge < -0.3 is 9.73 Å². The minimum atomic E-state index is -0.180. The van der Waals surface area contributed by atoms with Crippen LogP contribution in [0.25, 0.3) is 21.7 Å². The molecule has 27 heavy (non-hydrogen) atoms. The van der Waals surface area contributed by atoms with Crippen molar-refractivity contribution in [2.75, 3.05) is 0 Å². The summed E-state index contributed by atoms with van der Waals surface area (Å²) < 4.78 is 5.85. The molecule has 1 atom stereocenters. The molecule has 4 aromatic rings. The summed E-state index contributed by atoms with van der Waals surface area (Å²) in [5.74, 6) is 0.170. The number of aryl methyl sites for hydroxylation is 2. The van der Waals surface area contributed by atoms with E-state index in [9.17, 15) is 4.79 Å². The van der Waals surface area contributed by atoms with Crippen molar-refractivity contribution in [2.45, 2.75) is 33.2 Å². The molecule has 1 amide bonds. The molecule has 0 saturated heterocycles. The number of carbonyl (C=O) groups is 1. The normalized spacial score (nSPS) is 12.4. The van der Waals surface area contributed by atoms with Gasteiger partial charge in [-0.15, -0.1) is 0 Å². The van der Waals surface area contributed by atoms with Crippen molar-refractivity contribution in [2.24, 2.45) is 0 Å². The predicted molar refractivity (Wildman–Crippen MR) is 110 cm³/mol. The molecule has 0 aliphatic heterocycles. The van der Waals surface area contributed by atoms with Crippen molar-refractivity contribution in [3.63, 3.8) is 0 Å². The smallest absolute Gasteiger partial charge is 0.287 e. The molecule has 0 saturated carbocycles. The number of carbonyl (C=O) groups excluding carboxylic acids is 1. The first-order valence-corrected chi connectivity index (χ1v) is 9.36. The Hall–Kier alpha value is -3.07. The van der Waals surface area contributed by atoms with Crippen LogP contribution in [0.4, 0.5) is 0 Å². The average Bonchev–Trinajstić information content (AvgIpc) is 3.13. The zero-order chi connectivity index (χ0) is 19.0.